The van der Waals surface area contributed by atoms with Crippen molar-refractivity contribution in [3.8, 4) is 0 Å². The van der Waals surface area contributed by atoms with Crippen LogP contribution < -0.4 is 16.2 Å². The van der Waals surface area contributed by atoms with E-state index in [2.05, 4.69) is 24.3 Å². The number of pyridine rings is 1. The van der Waals surface area contributed by atoms with E-state index in [0.717, 1.165) is 19.4 Å². The molecule has 1 aromatic rings. The minimum atomic E-state index is -0.394. The Kier molecular flexibility index (Phi) is 3.84. The number of nitro groups is 1. The largest absolute Gasteiger partial charge is 0.348 e. The highest BCUT2D eigenvalue weighted by molar-refractivity contribution is 5.62. The van der Waals surface area contributed by atoms with Gasteiger partial charge in [-0.25, -0.2) is 10.8 Å². The van der Waals surface area contributed by atoms with E-state index < -0.39 is 4.92 Å². The van der Waals surface area contributed by atoms with Crippen molar-refractivity contribution in [3.63, 3.8) is 0 Å². The molecule has 19 heavy (non-hydrogen) atoms. The van der Waals surface area contributed by atoms with Gasteiger partial charge in [0.2, 0.25) is 5.82 Å². The second-order valence-electron chi connectivity index (χ2n) is 4.99. The molecular weight excluding hydrogens is 246 g/mol. The van der Waals surface area contributed by atoms with Crippen LogP contribution in [0.4, 0.5) is 17.3 Å². The third-order valence-electron chi connectivity index (χ3n) is 3.84. The van der Waals surface area contributed by atoms with E-state index in [4.69, 9.17) is 5.84 Å². The fourth-order valence-corrected chi connectivity index (χ4v) is 2.51. The Hall–Kier alpha value is -1.89. The maximum absolute atomic E-state index is 11.1. The van der Waals surface area contributed by atoms with Crippen LogP contribution in [-0.2, 0) is 0 Å². The number of anilines is 2. The summed E-state index contributed by atoms with van der Waals surface area (Å²) in [6.07, 6.45) is 2.16. The minimum absolute atomic E-state index is 0.0277. The van der Waals surface area contributed by atoms with E-state index in [1.807, 2.05) is 4.90 Å². The molecule has 0 aliphatic carbocycles. The Morgan fingerprint density at radius 1 is 1.53 bits per heavy atom. The van der Waals surface area contributed by atoms with Crippen molar-refractivity contribution >= 4 is 17.3 Å². The number of hydrogen-bond acceptors (Lipinski definition) is 6. The highest BCUT2D eigenvalue weighted by Gasteiger charge is 2.30. The second kappa shape index (κ2) is 5.40. The topological polar surface area (TPSA) is 97.3 Å². The lowest BCUT2D eigenvalue weighted by atomic mass is 9.92. The van der Waals surface area contributed by atoms with E-state index in [1.165, 1.54) is 12.1 Å². The molecule has 2 rings (SSSR count). The second-order valence-corrected chi connectivity index (χ2v) is 4.99. The van der Waals surface area contributed by atoms with Crippen molar-refractivity contribution in [1.29, 1.82) is 0 Å². The highest BCUT2D eigenvalue weighted by atomic mass is 16.6. The van der Waals surface area contributed by atoms with Crippen molar-refractivity contribution in [2.24, 2.45) is 11.8 Å². The molecule has 2 heterocycles. The van der Waals surface area contributed by atoms with Crippen LogP contribution in [0.1, 0.15) is 26.7 Å². The number of piperidine rings is 1. The van der Waals surface area contributed by atoms with Gasteiger partial charge in [0.25, 0.3) is 0 Å². The maximum atomic E-state index is 11.1. The third kappa shape index (κ3) is 2.60. The quantitative estimate of drug-likeness (QED) is 0.492. The first-order chi connectivity index (χ1) is 9.04. The van der Waals surface area contributed by atoms with Crippen LogP contribution in [0.2, 0.25) is 0 Å². The number of hydrogen-bond donors (Lipinski definition) is 2. The number of nitrogens with one attached hydrogen (secondary N) is 1. The average Bonchev–Trinajstić information content (AvgIpc) is 2.41. The molecule has 3 N–H and O–H groups in total. The molecule has 2 atom stereocenters. The Bertz CT molecular complexity index is 479. The van der Waals surface area contributed by atoms with E-state index in [-0.39, 0.29) is 11.7 Å². The normalized spacial score (nSPS) is 23.2. The smallest absolute Gasteiger partial charge is 0.311 e. The average molecular weight is 265 g/mol. The molecule has 7 heteroatoms. The van der Waals surface area contributed by atoms with Crippen molar-refractivity contribution in [3.05, 3.63) is 22.2 Å². The molecule has 2 unspecified atom stereocenters. The van der Waals surface area contributed by atoms with Gasteiger partial charge in [-0.3, -0.25) is 10.1 Å². The SMILES string of the molecule is CC1CCCN(c2nc(NN)ccc2[N+](=O)[O-])C1C. The molecule has 0 bridgehead atoms. The summed E-state index contributed by atoms with van der Waals surface area (Å²) in [5.41, 5.74) is 2.47. The predicted octanol–water partition coefficient (Wildman–Crippen LogP) is 1.90. The highest BCUT2D eigenvalue weighted by Crippen LogP contribution is 2.33. The zero-order valence-electron chi connectivity index (χ0n) is 11.2. The first-order valence-electron chi connectivity index (χ1n) is 6.43. The number of nitrogens with zero attached hydrogens (tertiary/aromatic N) is 3. The van der Waals surface area contributed by atoms with E-state index >= 15 is 0 Å². The van der Waals surface area contributed by atoms with Gasteiger partial charge in [-0.1, -0.05) is 6.92 Å². The number of rotatable bonds is 3. The zero-order chi connectivity index (χ0) is 14.0. The lowest BCUT2D eigenvalue weighted by Gasteiger charge is -2.38. The molecule has 0 saturated carbocycles. The van der Waals surface area contributed by atoms with E-state index in [1.54, 1.807) is 0 Å². The molecule has 1 aliphatic heterocycles. The fraction of sp³-hybridized carbons (Fsp3) is 0.583. The molecule has 0 aromatic carbocycles. The van der Waals surface area contributed by atoms with Crippen LogP contribution in [0.15, 0.2) is 12.1 Å². The van der Waals surface area contributed by atoms with Crippen LogP contribution in [0.5, 0.6) is 0 Å². The summed E-state index contributed by atoms with van der Waals surface area (Å²) >= 11 is 0. The molecule has 1 fully saturated rings. The summed E-state index contributed by atoms with van der Waals surface area (Å²) in [6.45, 7) is 5.03. The molecule has 0 spiro atoms. The number of aromatic nitrogens is 1. The Morgan fingerprint density at radius 3 is 2.89 bits per heavy atom. The fourth-order valence-electron chi connectivity index (χ4n) is 2.51. The van der Waals surface area contributed by atoms with Gasteiger partial charge in [0.05, 0.1) is 4.92 Å². The number of hydrazine groups is 1. The van der Waals surface area contributed by atoms with Gasteiger partial charge in [0.15, 0.2) is 0 Å². The first kappa shape index (κ1) is 13.5. The molecular formula is C12H19N5O2. The molecule has 1 aromatic heterocycles. The maximum Gasteiger partial charge on any atom is 0.311 e. The van der Waals surface area contributed by atoms with Gasteiger partial charge in [-0.2, -0.15) is 0 Å². The van der Waals surface area contributed by atoms with Crippen molar-refractivity contribution in [1.82, 2.24) is 4.98 Å². The van der Waals surface area contributed by atoms with Crippen molar-refractivity contribution in [2.45, 2.75) is 32.7 Å². The molecule has 1 saturated heterocycles. The Balaban J connectivity index is 2.43. The zero-order valence-corrected chi connectivity index (χ0v) is 11.2. The summed E-state index contributed by atoms with van der Waals surface area (Å²) in [7, 11) is 0. The summed E-state index contributed by atoms with van der Waals surface area (Å²) < 4.78 is 0. The van der Waals surface area contributed by atoms with E-state index in [9.17, 15) is 10.1 Å². The first-order valence-corrected chi connectivity index (χ1v) is 6.43. The minimum Gasteiger partial charge on any atom is -0.348 e. The Morgan fingerprint density at radius 2 is 2.26 bits per heavy atom. The van der Waals surface area contributed by atoms with Crippen LogP contribution in [0, 0.1) is 16.0 Å². The summed E-state index contributed by atoms with van der Waals surface area (Å²) in [6, 6.07) is 3.19. The van der Waals surface area contributed by atoms with Crippen molar-refractivity contribution < 1.29 is 4.92 Å². The lowest BCUT2D eigenvalue weighted by Crippen LogP contribution is -2.43. The van der Waals surface area contributed by atoms with Gasteiger partial charge in [-0.05, 0) is 31.7 Å². The number of nitrogens with two attached hydrogens (primary N) is 1. The lowest BCUT2D eigenvalue weighted by molar-refractivity contribution is -0.384. The third-order valence-corrected chi connectivity index (χ3v) is 3.84. The number of nitrogen functional groups attached to an aromatic ring is 1. The molecule has 0 amide bonds. The predicted molar refractivity (Wildman–Crippen MR) is 73.9 cm³/mol. The monoisotopic (exact) mass is 265 g/mol. The van der Waals surface area contributed by atoms with E-state index in [0.29, 0.717) is 17.6 Å². The summed E-state index contributed by atoms with van der Waals surface area (Å²) in [4.78, 5) is 17.0. The van der Waals surface area contributed by atoms with Crippen LogP contribution in [0.3, 0.4) is 0 Å². The van der Waals surface area contributed by atoms with Crippen LogP contribution in [-0.4, -0.2) is 22.5 Å². The van der Waals surface area contributed by atoms with Gasteiger partial charge in [-0.15, -0.1) is 0 Å². The van der Waals surface area contributed by atoms with Crippen molar-refractivity contribution in [2.75, 3.05) is 16.9 Å². The summed E-state index contributed by atoms with van der Waals surface area (Å²) in [5, 5.41) is 11.1. The molecule has 1 aliphatic rings. The molecule has 7 nitrogen and oxygen atoms in total. The standard InChI is InChI=1S/C12H19N5O2/c1-8-4-3-7-16(9(8)2)12-10(17(18)19)5-6-11(14-12)15-13/h5-6,8-9H,3-4,7,13H2,1-2H3,(H,14,15). The van der Waals surface area contributed by atoms with Crippen LogP contribution in [0.25, 0.3) is 0 Å². The van der Waals surface area contributed by atoms with Gasteiger partial charge < -0.3 is 10.3 Å². The van der Waals surface area contributed by atoms with Gasteiger partial charge in [0.1, 0.15) is 5.82 Å². The molecule has 104 valence electrons. The van der Waals surface area contributed by atoms with Gasteiger partial charge in [0, 0.05) is 18.7 Å². The Labute approximate surface area is 111 Å². The van der Waals surface area contributed by atoms with Gasteiger partial charge >= 0.3 is 5.69 Å². The van der Waals surface area contributed by atoms with Crippen LogP contribution >= 0.6 is 0 Å². The summed E-state index contributed by atoms with van der Waals surface area (Å²) in [5.74, 6) is 6.66. The molecule has 0 radical (unpaired) electrons.